The first kappa shape index (κ1) is 15.8. The molecule has 0 heterocycles. The maximum Gasteiger partial charge on any atom is 0.0453 e. The molecule has 18 heavy (non-hydrogen) atoms. The van der Waals surface area contributed by atoms with Gasteiger partial charge in [-0.15, -0.1) is 0 Å². The third-order valence-corrected chi connectivity index (χ3v) is 3.86. The third kappa shape index (κ3) is 4.46. The Kier molecular flexibility index (Phi) is 5.97. The van der Waals surface area contributed by atoms with Gasteiger partial charge in [0.15, 0.2) is 0 Å². The average molecular weight is 288 g/mol. The van der Waals surface area contributed by atoms with Gasteiger partial charge in [-0.3, -0.25) is 0 Å². The highest BCUT2D eigenvalue weighted by molar-refractivity contribution is 6.36. The molecule has 102 valence electrons. The molecule has 0 aliphatic carbocycles. The van der Waals surface area contributed by atoms with Gasteiger partial charge in [0.25, 0.3) is 0 Å². The van der Waals surface area contributed by atoms with Crippen LogP contribution in [0, 0.1) is 5.41 Å². The first-order valence-corrected chi connectivity index (χ1v) is 7.28. The summed E-state index contributed by atoms with van der Waals surface area (Å²) < 4.78 is 0. The van der Waals surface area contributed by atoms with Crippen molar-refractivity contribution < 1.29 is 0 Å². The van der Waals surface area contributed by atoms with Crippen molar-refractivity contribution in [3.63, 3.8) is 0 Å². The normalized spacial score (nSPS) is 13.7. The Bertz CT molecular complexity index is 362. The molecule has 0 bridgehead atoms. The van der Waals surface area contributed by atoms with E-state index < -0.39 is 0 Å². The highest BCUT2D eigenvalue weighted by atomic mass is 35.5. The molecule has 1 unspecified atom stereocenters. The first-order valence-electron chi connectivity index (χ1n) is 6.52. The van der Waals surface area contributed by atoms with Crippen molar-refractivity contribution in [3.05, 3.63) is 33.8 Å². The Balaban J connectivity index is 2.89. The summed E-state index contributed by atoms with van der Waals surface area (Å²) in [4.78, 5) is 0. The molecule has 0 amide bonds. The van der Waals surface area contributed by atoms with E-state index in [1.165, 1.54) is 0 Å². The van der Waals surface area contributed by atoms with Crippen molar-refractivity contribution in [2.75, 3.05) is 6.54 Å². The van der Waals surface area contributed by atoms with Crippen LogP contribution >= 0.6 is 23.2 Å². The number of hydrogen-bond acceptors (Lipinski definition) is 1. The van der Waals surface area contributed by atoms with Gasteiger partial charge in [-0.05, 0) is 42.5 Å². The van der Waals surface area contributed by atoms with Crippen molar-refractivity contribution in [2.45, 2.75) is 46.6 Å². The molecule has 1 aromatic rings. The Morgan fingerprint density at radius 1 is 1.17 bits per heavy atom. The van der Waals surface area contributed by atoms with E-state index in [-0.39, 0.29) is 5.41 Å². The maximum absolute atomic E-state index is 6.25. The molecule has 0 radical (unpaired) electrons. The summed E-state index contributed by atoms with van der Waals surface area (Å²) in [7, 11) is 0. The Morgan fingerprint density at radius 3 is 2.17 bits per heavy atom. The van der Waals surface area contributed by atoms with Crippen molar-refractivity contribution in [2.24, 2.45) is 5.41 Å². The van der Waals surface area contributed by atoms with Crippen LogP contribution in [-0.2, 0) is 6.42 Å². The van der Waals surface area contributed by atoms with Crippen LogP contribution in [0.3, 0.4) is 0 Å². The summed E-state index contributed by atoms with van der Waals surface area (Å²) in [6.07, 6.45) is 1.99. The van der Waals surface area contributed by atoms with E-state index in [9.17, 15) is 0 Å². The van der Waals surface area contributed by atoms with Crippen LogP contribution in [0.25, 0.3) is 0 Å². The van der Waals surface area contributed by atoms with Gasteiger partial charge in [0, 0.05) is 16.1 Å². The largest absolute Gasteiger partial charge is 0.313 e. The van der Waals surface area contributed by atoms with E-state index in [0.29, 0.717) is 6.04 Å². The lowest BCUT2D eigenvalue weighted by Gasteiger charge is -2.32. The second-order valence-corrected chi connectivity index (χ2v) is 6.59. The van der Waals surface area contributed by atoms with E-state index in [1.807, 2.05) is 18.2 Å². The van der Waals surface area contributed by atoms with Crippen LogP contribution in [-0.4, -0.2) is 12.6 Å². The Labute approximate surface area is 121 Å². The monoisotopic (exact) mass is 287 g/mol. The van der Waals surface area contributed by atoms with Crippen LogP contribution in [0.1, 0.15) is 39.7 Å². The second kappa shape index (κ2) is 6.79. The second-order valence-electron chi connectivity index (χ2n) is 5.78. The molecule has 1 nitrogen and oxygen atoms in total. The van der Waals surface area contributed by atoms with Gasteiger partial charge < -0.3 is 5.32 Å². The highest BCUT2D eigenvalue weighted by Crippen LogP contribution is 2.30. The zero-order chi connectivity index (χ0) is 13.8. The molecule has 0 spiro atoms. The summed E-state index contributed by atoms with van der Waals surface area (Å²) in [6.45, 7) is 9.92. The summed E-state index contributed by atoms with van der Waals surface area (Å²) in [5, 5.41) is 5.11. The Hall–Kier alpha value is -0.240. The molecule has 0 fully saturated rings. The molecule has 0 aliphatic heterocycles. The quantitative estimate of drug-likeness (QED) is 0.808. The SMILES string of the molecule is CCCNC(Cc1c(Cl)cccc1Cl)C(C)(C)C. The lowest BCUT2D eigenvalue weighted by molar-refractivity contribution is 0.267. The molecule has 1 atom stereocenters. The maximum atomic E-state index is 6.25. The molecule has 3 heteroatoms. The smallest absolute Gasteiger partial charge is 0.0453 e. The van der Waals surface area contributed by atoms with E-state index in [4.69, 9.17) is 23.2 Å². The molecule has 0 aliphatic rings. The van der Waals surface area contributed by atoms with Crippen molar-refractivity contribution >= 4 is 23.2 Å². The molecule has 0 aromatic heterocycles. The van der Waals surface area contributed by atoms with Crippen LogP contribution < -0.4 is 5.32 Å². The van der Waals surface area contributed by atoms with E-state index >= 15 is 0 Å². The summed E-state index contributed by atoms with van der Waals surface area (Å²) in [5.41, 5.74) is 1.22. The summed E-state index contributed by atoms with van der Waals surface area (Å²) in [6, 6.07) is 6.07. The van der Waals surface area contributed by atoms with E-state index in [2.05, 4.69) is 33.0 Å². The van der Waals surface area contributed by atoms with Crippen LogP contribution in [0.15, 0.2) is 18.2 Å². The molecular formula is C15H23Cl2N. The molecule has 0 saturated heterocycles. The highest BCUT2D eigenvalue weighted by Gasteiger charge is 2.25. The summed E-state index contributed by atoms with van der Waals surface area (Å²) in [5.74, 6) is 0. The number of halogens is 2. The molecular weight excluding hydrogens is 265 g/mol. The van der Waals surface area contributed by atoms with Crippen LogP contribution in [0.2, 0.25) is 10.0 Å². The van der Waals surface area contributed by atoms with E-state index in [0.717, 1.165) is 35.0 Å². The minimum Gasteiger partial charge on any atom is -0.313 e. The fourth-order valence-electron chi connectivity index (χ4n) is 1.93. The molecule has 1 rings (SSSR count). The zero-order valence-corrected chi connectivity index (χ0v) is 13.2. The minimum absolute atomic E-state index is 0.178. The van der Waals surface area contributed by atoms with Gasteiger partial charge in [0.2, 0.25) is 0 Å². The topological polar surface area (TPSA) is 12.0 Å². The van der Waals surface area contributed by atoms with Gasteiger partial charge >= 0.3 is 0 Å². The zero-order valence-electron chi connectivity index (χ0n) is 11.7. The van der Waals surface area contributed by atoms with Gasteiger partial charge in [-0.25, -0.2) is 0 Å². The van der Waals surface area contributed by atoms with Gasteiger partial charge in [-0.1, -0.05) is 57.0 Å². The van der Waals surface area contributed by atoms with Gasteiger partial charge in [0.1, 0.15) is 0 Å². The predicted octanol–water partition coefficient (Wildman–Crippen LogP) is 4.95. The number of hydrogen-bond donors (Lipinski definition) is 1. The molecule has 0 saturated carbocycles. The van der Waals surface area contributed by atoms with Crippen molar-refractivity contribution in [1.29, 1.82) is 0 Å². The lowest BCUT2D eigenvalue weighted by atomic mass is 9.83. The van der Waals surface area contributed by atoms with Crippen LogP contribution in [0.4, 0.5) is 0 Å². The fourth-order valence-corrected chi connectivity index (χ4v) is 2.49. The third-order valence-electron chi connectivity index (χ3n) is 3.16. The number of rotatable bonds is 5. The van der Waals surface area contributed by atoms with Crippen molar-refractivity contribution in [1.82, 2.24) is 5.32 Å². The molecule has 1 aromatic carbocycles. The number of nitrogens with one attached hydrogen (secondary N) is 1. The predicted molar refractivity (Wildman–Crippen MR) is 81.7 cm³/mol. The minimum atomic E-state index is 0.178. The molecule has 1 N–H and O–H groups in total. The van der Waals surface area contributed by atoms with E-state index in [1.54, 1.807) is 0 Å². The lowest BCUT2D eigenvalue weighted by Crippen LogP contribution is -2.42. The standard InChI is InChI=1S/C15H23Cl2N/c1-5-9-18-14(15(2,3)4)10-11-12(16)7-6-8-13(11)17/h6-8,14,18H,5,9-10H2,1-4H3. The first-order chi connectivity index (χ1) is 8.36. The summed E-state index contributed by atoms with van der Waals surface area (Å²) >= 11 is 12.5. The average Bonchev–Trinajstić information content (AvgIpc) is 2.26. The van der Waals surface area contributed by atoms with Crippen molar-refractivity contribution in [3.8, 4) is 0 Å². The van der Waals surface area contributed by atoms with Crippen LogP contribution in [0.5, 0.6) is 0 Å². The number of benzene rings is 1. The fraction of sp³-hybridized carbons (Fsp3) is 0.600. The van der Waals surface area contributed by atoms with Gasteiger partial charge in [-0.2, -0.15) is 0 Å². The Morgan fingerprint density at radius 2 is 1.72 bits per heavy atom. The van der Waals surface area contributed by atoms with Gasteiger partial charge in [0.05, 0.1) is 0 Å².